The molecule has 1 N–H and O–H groups in total. The lowest BCUT2D eigenvalue weighted by atomic mass is 10.0. The highest BCUT2D eigenvalue weighted by atomic mass is 79.9. The van der Waals surface area contributed by atoms with Crippen LogP contribution in [0.1, 0.15) is 32.3 Å². The van der Waals surface area contributed by atoms with E-state index in [1.165, 1.54) is 5.56 Å². The van der Waals surface area contributed by atoms with Gasteiger partial charge in [-0.25, -0.2) is 0 Å². The Morgan fingerprint density at radius 2 is 2.10 bits per heavy atom. The zero-order valence-corrected chi connectivity index (χ0v) is 14.9. The third-order valence-electron chi connectivity index (χ3n) is 3.88. The molecule has 116 valence electrons. The first-order chi connectivity index (χ1) is 9.97. The lowest BCUT2D eigenvalue weighted by Gasteiger charge is -2.33. The van der Waals surface area contributed by atoms with Crippen LogP contribution in [0.2, 0.25) is 5.02 Å². The summed E-state index contributed by atoms with van der Waals surface area (Å²) >= 11 is 9.50. The van der Waals surface area contributed by atoms with Gasteiger partial charge in [-0.15, -0.1) is 0 Å². The van der Waals surface area contributed by atoms with Crippen molar-refractivity contribution >= 4 is 33.4 Å². The Morgan fingerprint density at radius 1 is 1.43 bits per heavy atom. The molecule has 0 atom stereocenters. The third kappa shape index (κ3) is 4.70. The van der Waals surface area contributed by atoms with Crippen molar-refractivity contribution in [1.82, 2.24) is 10.2 Å². The maximum Gasteiger partial charge on any atom is 0.225 e. The zero-order chi connectivity index (χ0) is 15.4. The van der Waals surface area contributed by atoms with Gasteiger partial charge < -0.3 is 10.2 Å². The predicted octanol–water partition coefficient (Wildman–Crippen LogP) is 3.84. The second kappa shape index (κ2) is 7.61. The number of benzene rings is 1. The van der Waals surface area contributed by atoms with E-state index in [-0.39, 0.29) is 11.8 Å². The SMILES string of the molecule is CC(C)C(=O)N1CCC(NCc2ccc(Br)c(Cl)c2)CC1. The van der Waals surface area contributed by atoms with Crippen molar-refractivity contribution in [2.24, 2.45) is 5.92 Å². The van der Waals surface area contributed by atoms with Gasteiger partial charge >= 0.3 is 0 Å². The van der Waals surface area contributed by atoms with Crippen molar-refractivity contribution in [2.75, 3.05) is 13.1 Å². The van der Waals surface area contributed by atoms with E-state index in [0.29, 0.717) is 6.04 Å². The summed E-state index contributed by atoms with van der Waals surface area (Å²) in [4.78, 5) is 13.9. The summed E-state index contributed by atoms with van der Waals surface area (Å²) < 4.78 is 0.924. The minimum absolute atomic E-state index is 0.0967. The van der Waals surface area contributed by atoms with Crippen LogP contribution in [0, 0.1) is 5.92 Å². The third-order valence-corrected chi connectivity index (χ3v) is 5.11. The van der Waals surface area contributed by atoms with Crippen LogP contribution >= 0.6 is 27.5 Å². The largest absolute Gasteiger partial charge is 0.342 e. The number of halogens is 2. The van der Waals surface area contributed by atoms with E-state index < -0.39 is 0 Å². The van der Waals surface area contributed by atoms with Crippen LogP contribution in [0.15, 0.2) is 22.7 Å². The Morgan fingerprint density at radius 3 is 2.67 bits per heavy atom. The highest BCUT2D eigenvalue weighted by Gasteiger charge is 2.23. The molecular weight excluding hydrogens is 352 g/mol. The molecule has 1 aromatic rings. The van der Waals surface area contributed by atoms with Gasteiger partial charge in [0.15, 0.2) is 0 Å². The van der Waals surface area contributed by atoms with Crippen molar-refractivity contribution in [3.05, 3.63) is 33.3 Å². The van der Waals surface area contributed by atoms with Crippen LogP contribution in [0.5, 0.6) is 0 Å². The maximum atomic E-state index is 11.9. The highest BCUT2D eigenvalue weighted by molar-refractivity contribution is 9.10. The zero-order valence-electron chi connectivity index (χ0n) is 12.5. The van der Waals surface area contributed by atoms with E-state index >= 15 is 0 Å². The van der Waals surface area contributed by atoms with Crippen molar-refractivity contribution in [3.63, 3.8) is 0 Å². The minimum atomic E-state index is 0.0967. The van der Waals surface area contributed by atoms with Gasteiger partial charge in [-0.3, -0.25) is 4.79 Å². The molecule has 1 saturated heterocycles. The molecule has 1 fully saturated rings. The number of piperidine rings is 1. The molecule has 1 aromatic carbocycles. The molecule has 2 rings (SSSR count). The second-order valence-corrected chi connectivity index (χ2v) is 7.15. The summed E-state index contributed by atoms with van der Waals surface area (Å²) in [6.07, 6.45) is 2.03. The number of rotatable bonds is 4. The average molecular weight is 374 g/mol. The van der Waals surface area contributed by atoms with Gasteiger partial charge in [-0.1, -0.05) is 31.5 Å². The van der Waals surface area contributed by atoms with Gasteiger partial charge in [0.05, 0.1) is 5.02 Å². The van der Waals surface area contributed by atoms with Crippen molar-refractivity contribution in [3.8, 4) is 0 Å². The Kier molecular flexibility index (Phi) is 6.08. The van der Waals surface area contributed by atoms with Crippen LogP contribution in [0.4, 0.5) is 0 Å². The van der Waals surface area contributed by atoms with E-state index in [2.05, 4.69) is 27.3 Å². The monoisotopic (exact) mass is 372 g/mol. The number of hydrogen-bond acceptors (Lipinski definition) is 2. The van der Waals surface area contributed by atoms with E-state index in [4.69, 9.17) is 11.6 Å². The number of carbonyl (C=O) groups excluding carboxylic acids is 1. The Balaban J connectivity index is 1.78. The molecule has 3 nitrogen and oxygen atoms in total. The molecule has 0 spiro atoms. The average Bonchev–Trinajstić information content (AvgIpc) is 2.48. The van der Waals surface area contributed by atoms with Crippen LogP contribution in [-0.4, -0.2) is 29.9 Å². The Labute approximate surface area is 140 Å². The molecule has 0 unspecified atom stereocenters. The normalized spacial score (nSPS) is 16.5. The lowest BCUT2D eigenvalue weighted by Crippen LogP contribution is -2.45. The van der Waals surface area contributed by atoms with Crippen molar-refractivity contribution in [1.29, 1.82) is 0 Å². The van der Waals surface area contributed by atoms with E-state index in [1.807, 2.05) is 30.9 Å². The number of nitrogens with zero attached hydrogens (tertiary/aromatic N) is 1. The quantitative estimate of drug-likeness (QED) is 0.869. The van der Waals surface area contributed by atoms with Gasteiger partial charge in [-0.05, 0) is 46.5 Å². The first-order valence-corrected chi connectivity index (χ1v) is 8.60. The maximum absolute atomic E-state index is 11.9. The first kappa shape index (κ1) is 16.8. The van der Waals surface area contributed by atoms with E-state index in [1.54, 1.807) is 0 Å². The number of amides is 1. The van der Waals surface area contributed by atoms with Crippen molar-refractivity contribution < 1.29 is 4.79 Å². The van der Waals surface area contributed by atoms with Crippen LogP contribution < -0.4 is 5.32 Å². The van der Waals surface area contributed by atoms with Gasteiger partial charge in [0.2, 0.25) is 5.91 Å². The fourth-order valence-corrected chi connectivity index (χ4v) is 3.03. The number of hydrogen-bond donors (Lipinski definition) is 1. The topological polar surface area (TPSA) is 32.3 Å². The molecule has 0 saturated carbocycles. The molecule has 1 amide bonds. The smallest absolute Gasteiger partial charge is 0.225 e. The second-order valence-electron chi connectivity index (χ2n) is 5.88. The van der Waals surface area contributed by atoms with Crippen molar-refractivity contribution in [2.45, 2.75) is 39.3 Å². The van der Waals surface area contributed by atoms with Crippen LogP contribution in [0.25, 0.3) is 0 Å². The molecule has 0 aliphatic carbocycles. The summed E-state index contributed by atoms with van der Waals surface area (Å²) in [5.41, 5.74) is 1.18. The first-order valence-electron chi connectivity index (χ1n) is 7.43. The fraction of sp³-hybridized carbons (Fsp3) is 0.562. The van der Waals surface area contributed by atoms with E-state index in [0.717, 1.165) is 42.0 Å². The molecule has 0 radical (unpaired) electrons. The number of nitrogens with one attached hydrogen (secondary N) is 1. The fourth-order valence-electron chi connectivity index (χ4n) is 2.58. The molecule has 21 heavy (non-hydrogen) atoms. The summed E-state index contributed by atoms with van der Waals surface area (Å²) in [5.74, 6) is 0.368. The number of likely N-dealkylation sites (tertiary alicyclic amines) is 1. The molecule has 0 bridgehead atoms. The predicted molar refractivity (Wildman–Crippen MR) is 90.4 cm³/mol. The minimum Gasteiger partial charge on any atom is -0.342 e. The van der Waals surface area contributed by atoms with Gasteiger partial charge in [0.1, 0.15) is 0 Å². The molecule has 0 aromatic heterocycles. The van der Waals surface area contributed by atoms with Gasteiger partial charge in [-0.2, -0.15) is 0 Å². The summed E-state index contributed by atoms with van der Waals surface area (Å²) in [6, 6.07) is 6.50. The summed E-state index contributed by atoms with van der Waals surface area (Å²) in [5, 5.41) is 4.30. The van der Waals surface area contributed by atoms with E-state index in [9.17, 15) is 4.79 Å². The molecule has 1 aliphatic rings. The highest BCUT2D eigenvalue weighted by Crippen LogP contribution is 2.23. The van der Waals surface area contributed by atoms with Crippen LogP contribution in [-0.2, 0) is 11.3 Å². The molecule has 5 heteroatoms. The van der Waals surface area contributed by atoms with Gasteiger partial charge in [0.25, 0.3) is 0 Å². The molecular formula is C16H22BrClN2O. The Bertz CT molecular complexity index is 499. The molecule has 1 aliphatic heterocycles. The lowest BCUT2D eigenvalue weighted by molar-refractivity contribution is -0.135. The van der Waals surface area contributed by atoms with Crippen LogP contribution in [0.3, 0.4) is 0 Å². The summed E-state index contributed by atoms with van der Waals surface area (Å²) in [6.45, 7) is 6.45. The molecule has 1 heterocycles. The summed E-state index contributed by atoms with van der Waals surface area (Å²) in [7, 11) is 0. The Hall–Kier alpha value is -0.580. The van der Waals surface area contributed by atoms with Gasteiger partial charge in [0, 0.05) is 36.1 Å². The standard InChI is InChI=1S/C16H22BrClN2O/c1-11(2)16(21)20-7-5-13(6-8-20)19-10-12-3-4-14(17)15(18)9-12/h3-4,9,11,13,19H,5-8,10H2,1-2H3. The number of carbonyl (C=O) groups is 1.